The lowest BCUT2D eigenvalue weighted by Gasteiger charge is -2.40. The van der Waals surface area contributed by atoms with E-state index in [1.807, 2.05) is 6.20 Å². The van der Waals surface area contributed by atoms with Crippen LogP contribution in [-0.2, 0) is 0 Å². The van der Waals surface area contributed by atoms with Gasteiger partial charge < -0.3 is 5.73 Å². The van der Waals surface area contributed by atoms with Gasteiger partial charge in [-0.3, -0.25) is 9.97 Å². The summed E-state index contributed by atoms with van der Waals surface area (Å²) >= 11 is 0. The van der Waals surface area contributed by atoms with E-state index in [1.54, 1.807) is 12.4 Å². The van der Waals surface area contributed by atoms with Crippen molar-refractivity contribution in [2.24, 2.45) is 11.1 Å². The highest BCUT2D eigenvalue weighted by Crippen LogP contribution is 2.45. The van der Waals surface area contributed by atoms with Gasteiger partial charge in [-0.25, -0.2) is 0 Å². The van der Waals surface area contributed by atoms with Gasteiger partial charge >= 0.3 is 0 Å². The van der Waals surface area contributed by atoms with Crippen molar-refractivity contribution in [2.45, 2.75) is 45.1 Å². The fourth-order valence-electron chi connectivity index (χ4n) is 2.48. The number of rotatable bonds is 1. The van der Waals surface area contributed by atoms with Crippen LogP contribution in [0.4, 0.5) is 0 Å². The number of nitrogens with two attached hydrogens (primary N) is 1. The van der Waals surface area contributed by atoms with Crippen molar-refractivity contribution in [3.8, 4) is 0 Å². The fraction of sp³-hybridized carbons (Fsp3) is 0.667. The molecule has 2 N–H and O–H groups in total. The number of aromatic nitrogens is 2. The lowest BCUT2D eigenvalue weighted by molar-refractivity contribution is 0.179. The molecule has 3 heteroatoms. The monoisotopic (exact) mass is 205 g/mol. The van der Waals surface area contributed by atoms with Gasteiger partial charge in [-0.1, -0.05) is 13.8 Å². The molecule has 0 bridgehead atoms. The molecule has 1 saturated carbocycles. The summed E-state index contributed by atoms with van der Waals surface area (Å²) in [6, 6.07) is 0.324. The Labute approximate surface area is 91.1 Å². The first-order chi connectivity index (χ1) is 7.09. The maximum absolute atomic E-state index is 6.04. The van der Waals surface area contributed by atoms with E-state index in [1.165, 1.54) is 6.42 Å². The molecule has 82 valence electrons. The molecular formula is C12H19N3. The number of hydrogen-bond donors (Lipinski definition) is 1. The molecule has 2 unspecified atom stereocenters. The Morgan fingerprint density at radius 2 is 2.20 bits per heavy atom. The fourth-order valence-corrected chi connectivity index (χ4v) is 2.48. The maximum atomic E-state index is 6.04. The molecule has 0 spiro atoms. The zero-order valence-corrected chi connectivity index (χ0v) is 9.48. The Morgan fingerprint density at radius 1 is 1.40 bits per heavy atom. The van der Waals surface area contributed by atoms with Gasteiger partial charge in [0.25, 0.3) is 0 Å². The minimum Gasteiger partial charge on any atom is -0.328 e. The van der Waals surface area contributed by atoms with Crippen LogP contribution in [0.15, 0.2) is 18.6 Å². The second kappa shape index (κ2) is 3.89. The van der Waals surface area contributed by atoms with Gasteiger partial charge in [-0.15, -0.1) is 0 Å². The predicted molar refractivity (Wildman–Crippen MR) is 60.4 cm³/mol. The maximum Gasteiger partial charge on any atom is 0.0623 e. The average molecular weight is 205 g/mol. The second-order valence-corrected chi connectivity index (χ2v) is 5.21. The summed E-state index contributed by atoms with van der Waals surface area (Å²) in [5.41, 5.74) is 7.43. The molecule has 0 saturated heterocycles. The van der Waals surface area contributed by atoms with Gasteiger partial charge in [0.15, 0.2) is 0 Å². The van der Waals surface area contributed by atoms with Gasteiger partial charge in [0.2, 0.25) is 0 Å². The Hall–Kier alpha value is -0.960. The van der Waals surface area contributed by atoms with Crippen LogP contribution < -0.4 is 5.73 Å². The van der Waals surface area contributed by atoms with Crippen molar-refractivity contribution >= 4 is 0 Å². The highest BCUT2D eigenvalue weighted by atomic mass is 14.8. The first kappa shape index (κ1) is 10.6. The summed E-state index contributed by atoms with van der Waals surface area (Å²) in [6.45, 7) is 4.61. The summed E-state index contributed by atoms with van der Waals surface area (Å²) in [5, 5.41) is 0. The zero-order chi connectivity index (χ0) is 10.9. The van der Waals surface area contributed by atoms with E-state index in [9.17, 15) is 0 Å². The molecule has 1 aromatic rings. The molecule has 3 nitrogen and oxygen atoms in total. The molecule has 0 radical (unpaired) electrons. The summed E-state index contributed by atoms with van der Waals surface area (Å²) < 4.78 is 0. The molecule has 0 amide bonds. The van der Waals surface area contributed by atoms with E-state index < -0.39 is 0 Å². The summed E-state index contributed by atoms with van der Waals surface area (Å²) in [4.78, 5) is 8.56. The van der Waals surface area contributed by atoms with Crippen LogP contribution in [0.25, 0.3) is 0 Å². The van der Waals surface area contributed by atoms with Gasteiger partial charge in [-0.2, -0.15) is 0 Å². The minimum absolute atomic E-state index is 0.298. The summed E-state index contributed by atoms with van der Waals surface area (Å²) in [7, 11) is 0. The van der Waals surface area contributed by atoms with Gasteiger partial charge in [0, 0.05) is 30.6 Å². The lowest BCUT2D eigenvalue weighted by atomic mass is 9.66. The van der Waals surface area contributed by atoms with E-state index in [-0.39, 0.29) is 0 Å². The Balaban J connectivity index is 2.26. The first-order valence-electron chi connectivity index (χ1n) is 5.61. The van der Waals surface area contributed by atoms with Crippen molar-refractivity contribution in [1.29, 1.82) is 0 Å². The van der Waals surface area contributed by atoms with E-state index in [0.29, 0.717) is 17.4 Å². The third-order valence-corrected chi connectivity index (χ3v) is 3.58. The minimum atomic E-state index is 0.298. The highest BCUT2D eigenvalue weighted by molar-refractivity contribution is 5.11. The zero-order valence-electron chi connectivity index (χ0n) is 9.48. The van der Waals surface area contributed by atoms with Crippen LogP contribution >= 0.6 is 0 Å². The largest absolute Gasteiger partial charge is 0.328 e. The Morgan fingerprint density at radius 3 is 2.87 bits per heavy atom. The third-order valence-electron chi connectivity index (χ3n) is 3.58. The third kappa shape index (κ3) is 2.17. The molecule has 1 heterocycles. The molecule has 1 aromatic heterocycles. The van der Waals surface area contributed by atoms with Crippen molar-refractivity contribution in [3.05, 3.63) is 24.3 Å². The Bertz CT molecular complexity index is 321. The van der Waals surface area contributed by atoms with Crippen molar-refractivity contribution in [2.75, 3.05) is 0 Å². The summed E-state index contributed by atoms with van der Waals surface area (Å²) in [6.07, 6.45) is 8.71. The Kier molecular flexibility index (Phi) is 2.74. The standard InChI is InChI=1S/C12H19N3/c1-12(2)4-3-9(13)7-10(12)11-8-14-5-6-15-11/h5-6,8-10H,3-4,7,13H2,1-2H3. The van der Waals surface area contributed by atoms with Gasteiger partial charge in [-0.05, 0) is 24.7 Å². The molecule has 1 fully saturated rings. The van der Waals surface area contributed by atoms with E-state index >= 15 is 0 Å². The molecule has 0 aromatic carbocycles. The SMILES string of the molecule is CC1(C)CCC(N)CC1c1cnccn1. The highest BCUT2D eigenvalue weighted by Gasteiger charge is 2.36. The van der Waals surface area contributed by atoms with Gasteiger partial charge in [0.05, 0.1) is 5.69 Å². The van der Waals surface area contributed by atoms with E-state index in [2.05, 4.69) is 23.8 Å². The van der Waals surface area contributed by atoms with Crippen molar-refractivity contribution in [1.82, 2.24) is 9.97 Å². The number of nitrogens with zero attached hydrogens (tertiary/aromatic N) is 2. The first-order valence-corrected chi connectivity index (χ1v) is 5.61. The molecule has 0 aliphatic heterocycles. The molecule has 1 aliphatic rings. The molecule has 15 heavy (non-hydrogen) atoms. The second-order valence-electron chi connectivity index (χ2n) is 5.21. The normalized spacial score (nSPS) is 30.1. The van der Waals surface area contributed by atoms with Gasteiger partial charge in [0.1, 0.15) is 0 Å². The van der Waals surface area contributed by atoms with E-state index in [0.717, 1.165) is 18.5 Å². The topological polar surface area (TPSA) is 51.8 Å². The lowest BCUT2D eigenvalue weighted by Crippen LogP contribution is -2.37. The molecule has 1 aliphatic carbocycles. The quantitative estimate of drug-likeness (QED) is 0.763. The number of hydrogen-bond acceptors (Lipinski definition) is 3. The van der Waals surface area contributed by atoms with Crippen LogP contribution in [-0.4, -0.2) is 16.0 Å². The van der Waals surface area contributed by atoms with E-state index in [4.69, 9.17) is 5.73 Å². The summed E-state index contributed by atoms with van der Waals surface area (Å²) in [5.74, 6) is 0.454. The smallest absolute Gasteiger partial charge is 0.0623 e. The average Bonchev–Trinajstić information content (AvgIpc) is 2.23. The van der Waals surface area contributed by atoms with Crippen LogP contribution in [0.2, 0.25) is 0 Å². The van der Waals surface area contributed by atoms with Crippen molar-refractivity contribution in [3.63, 3.8) is 0 Å². The van der Waals surface area contributed by atoms with Crippen LogP contribution in [0.1, 0.15) is 44.7 Å². The van der Waals surface area contributed by atoms with Crippen LogP contribution in [0.3, 0.4) is 0 Å². The molecular weight excluding hydrogens is 186 g/mol. The van der Waals surface area contributed by atoms with Crippen molar-refractivity contribution < 1.29 is 0 Å². The van der Waals surface area contributed by atoms with Crippen LogP contribution in [0, 0.1) is 5.41 Å². The van der Waals surface area contributed by atoms with Crippen LogP contribution in [0.5, 0.6) is 0 Å². The predicted octanol–water partition coefficient (Wildman–Crippen LogP) is 2.10. The molecule has 2 rings (SSSR count). The molecule has 2 atom stereocenters.